The van der Waals surface area contributed by atoms with Crippen molar-refractivity contribution in [2.45, 2.75) is 31.9 Å². The van der Waals surface area contributed by atoms with E-state index in [-0.39, 0.29) is 5.60 Å². The van der Waals surface area contributed by atoms with Gasteiger partial charge in [0, 0.05) is 31.6 Å². The zero-order valence-electron chi connectivity index (χ0n) is 13.1. The molecule has 124 valence electrons. The van der Waals surface area contributed by atoms with E-state index >= 15 is 0 Å². The maximum atomic E-state index is 11.8. The van der Waals surface area contributed by atoms with Crippen LogP contribution in [-0.4, -0.2) is 67.2 Å². The summed E-state index contributed by atoms with van der Waals surface area (Å²) in [6, 6.07) is 0. The number of nitrogens with zero attached hydrogens (tertiary/aromatic N) is 3. The molecule has 0 bridgehead atoms. The van der Waals surface area contributed by atoms with Crippen molar-refractivity contribution in [3.05, 3.63) is 16.1 Å². The van der Waals surface area contributed by atoms with Gasteiger partial charge in [0.25, 0.3) is 0 Å². The number of hydrogen-bond acceptors (Lipinski definition) is 6. The lowest BCUT2D eigenvalue weighted by Crippen LogP contribution is -2.60. The SMILES string of the molecule is Cc1nc(CN2CCCC3(C2)CN(S(C)(=O)=O)CCO3)cs1. The number of ether oxygens (including phenoxy) is 1. The molecule has 3 heterocycles. The maximum absolute atomic E-state index is 11.8. The van der Waals surface area contributed by atoms with Crippen molar-refractivity contribution in [2.75, 3.05) is 39.0 Å². The number of aryl methyl sites for hydroxylation is 1. The molecule has 0 aromatic carbocycles. The number of morpholine rings is 1. The molecular weight excluding hydrogens is 322 g/mol. The largest absolute Gasteiger partial charge is 0.371 e. The molecule has 0 radical (unpaired) electrons. The fraction of sp³-hybridized carbons (Fsp3) is 0.786. The van der Waals surface area contributed by atoms with Gasteiger partial charge in [-0.1, -0.05) is 0 Å². The van der Waals surface area contributed by atoms with Crippen LogP contribution >= 0.6 is 11.3 Å². The summed E-state index contributed by atoms with van der Waals surface area (Å²) >= 11 is 1.67. The third kappa shape index (κ3) is 3.68. The third-order valence-corrected chi connectivity index (χ3v) is 6.43. The molecule has 1 atom stereocenters. The first-order valence-corrected chi connectivity index (χ1v) is 10.3. The first-order chi connectivity index (χ1) is 10.4. The van der Waals surface area contributed by atoms with Crippen LogP contribution in [0.25, 0.3) is 0 Å². The molecule has 0 saturated carbocycles. The topological polar surface area (TPSA) is 62.7 Å². The fourth-order valence-corrected chi connectivity index (χ4v) is 4.86. The Bertz CT molecular complexity index is 627. The van der Waals surface area contributed by atoms with E-state index < -0.39 is 10.0 Å². The van der Waals surface area contributed by atoms with Gasteiger partial charge in [0.05, 0.1) is 29.2 Å². The molecule has 1 aromatic rings. The van der Waals surface area contributed by atoms with Gasteiger partial charge in [0.1, 0.15) is 0 Å². The lowest BCUT2D eigenvalue weighted by atomic mass is 9.91. The summed E-state index contributed by atoms with van der Waals surface area (Å²) in [5.41, 5.74) is 0.736. The average Bonchev–Trinajstić information content (AvgIpc) is 2.83. The molecule has 0 aliphatic carbocycles. The highest BCUT2D eigenvalue weighted by atomic mass is 32.2. The summed E-state index contributed by atoms with van der Waals surface area (Å²) in [6.45, 7) is 6.03. The smallest absolute Gasteiger partial charge is 0.211 e. The summed E-state index contributed by atoms with van der Waals surface area (Å²) < 4.78 is 31.3. The van der Waals surface area contributed by atoms with Crippen LogP contribution in [0.5, 0.6) is 0 Å². The zero-order valence-corrected chi connectivity index (χ0v) is 14.8. The number of aromatic nitrogens is 1. The second-order valence-corrected chi connectivity index (χ2v) is 9.34. The molecule has 2 fully saturated rings. The number of sulfonamides is 1. The summed E-state index contributed by atoms with van der Waals surface area (Å²) in [4.78, 5) is 6.86. The minimum Gasteiger partial charge on any atom is -0.371 e. The second kappa shape index (κ2) is 6.16. The molecular formula is C14H23N3O3S2. The highest BCUT2D eigenvalue weighted by molar-refractivity contribution is 7.88. The predicted octanol–water partition coefficient (Wildman–Crippen LogP) is 1.08. The first-order valence-electron chi connectivity index (χ1n) is 7.59. The van der Waals surface area contributed by atoms with Gasteiger partial charge < -0.3 is 4.74 Å². The standard InChI is InChI=1S/C14H23N3O3S2/c1-12-15-13(9-21-12)8-16-5-3-4-14(10-16)11-17(6-7-20-14)22(2,18)19/h9H,3-8,10-11H2,1-2H3. The maximum Gasteiger partial charge on any atom is 0.211 e. The van der Waals surface area contributed by atoms with Crippen LogP contribution in [0.1, 0.15) is 23.5 Å². The predicted molar refractivity (Wildman–Crippen MR) is 86.5 cm³/mol. The Hall–Kier alpha value is -0.540. The van der Waals surface area contributed by atoms with Crippen LogP contribution in [0.3, 0.4) is 0 Å². The van der Waals surface area contributed by atoms with Crippen LogP contribution in [-0.2, 0) is 21.3 Å². The van der Waals surface area contributed by atoms with Crippen molar-refractivity contribution < 1.29 is 13.2 Å². The van der Waals surface area contributed by atoms with Gasteiger partial charge in [-0.05, 0) is 26.3 Å². The Kier molecular flexibility index (Phi) is 4.57. The molecule has 2 saturated heterocycles. The van der Waals surface area contributed by atoms with Crippen LogP contribution in [0.15, 0.2) is 5.38 Å². The van der Waals surface area contributed by atoms with Gasteiger partial charge in [-0.25, -0.2) is 13.4 Å². The molecule has 6 nitrogen and oxygen atoms in total. The number of piperidine rings is 1. The van der Waals surface area contributed by atoms with Crippen LogP contribution < -0.4 is 0 Å². The van der Waals surface area contributed by atoms with E-state index in [0.717, 1.165) is 43.2 Å². The Balaban J connectivity index is 1.69. The van der Waals surface area contributed by atoms with Gasteiger partial charge in [0.2, 0.25) is 10.0 Å². The van der Waals surface area contributed by atoms with Gasteiger partial charge in [-0.15, -0.1) is 11.3 Å². The molecule has 3 rings (SSSR count). The second-order valence-electron chi connectivity index (χ2n) is 6.30. The molecule has 2 aliphatic rings. The number of likely N-dealkylation sites (tertiary alicyclic amines) is 1. The molecule has 2 aliphatic heterocycles. The van der Waals surface area contributed by atoms with Gasteiger partial charge in [-0.2, -0.15) is 4.31 Å². The quantitative estimate of drug-likeness (QED) is 0.820. The Morgan fingerprint density at radius 3 is 2.91 bits per heavy atom. The molecule has 1 spiro atoms. The Morgan fingerprint density at radius 2 is 2.23 bits per heavy atom. The van der Waals surface area contributed by atoms with E-state index in [1.165, 1.54) is 6.26 Å². The van der Waals surface area contributed by atoms with E-state index in [1.54, 1.807) is 15.6 Å². The molecule has 0 amide bonds. The van der Waals surface area contributed by atoms with Crippen molar-refractivity contribution in [3.8, 4) is 0 Å². The Labute approximate surface area is 136 Å². The highest BCUT2D eigenvalue weighted by Gasteiger charge is 2.42. The first kappa shape index (κ1) is 16.3. The number of thiazole rings is 1. The van der Waals surface area contributed by atoms with Crippen molar-refractivity contribution in [3.63, 3.8) is 0 Å². The third-order valence-electron chi connectivity index (χ3n) is 4.35. The minimum atomic E-state index is -3.15. The summed E-state index contributed by atoms with van der Waals surface area (Å²) in [5, 5.41) is 3.18. The van der Waals surface area contributed by atoms with Crippen LogP contribution in [0, 0.1) is 6.92 Å². The van der Waals surface area contributed by atoms with Crippen molar-refractivity contribution in [1.82, 2.24) is 14.2 Å². The number of rotatable bonds is 3. The normalized spacial score (nSPS) is 28.3. The van der Waals surface area contributed by atoms with E-state index in [1.807, 2.05) is 6.92 Å². The molecule has 1 unspecified atom stereocenters. The summed E-state index contributed by atoms with van der Waals surface area (Å²) in [5.74, 6) is 0. The zero-order chi connectivity index (χ0) is 15.8. The van der Waals surface area contributed by atoms with E-state index in [0.29, 0.717) is 19.7 Å². The molecule has 0 N–H and O–H groups in total. The monoisotopic (exact) mass is 345 g/mol. The van der Waals surface area contributed by atoms with Crippen LogP contribution in [0.2, 0.25) is 0 Å². The average molecular weight is 345 g/mol. The van der Waals surface area contributed by atoms with Crippen LogP contribution in [0.4, 0.5) is 0 Å². The number of hydrogen-bond donors (Lipinski definition) is 0. The fourth-order valence-electron chi connectivity index (χ4n) is 3.38. The lowest BCUT2D eigenvalue weighted by Gasteiger charge is -2.47. The van der Waals surface area contributed by atoms with E-state index in [2.05, 4.69) is 15.3 Å². The summed E-state index contributed by atoms with van der Waals surface area (Å²) in [6.07, 6.45) is 3.23. The highest BCUT2D eigenvalue weighted by Crippen LogP contribution is 2.30. The van der Waals surface area contributed by atoms with Crippen molar-refractivity contribution in [1.29, 1.82) is 0 Å². The van der Waals surface area contributed by atoms with Crippen molar-refractivity contribution >= 4 is 21.4 Å². The molecule has 8 heteroatoms. The van der Waals surface area contributed by atoms with Gasteiger partial charge in [-0.3, -0.25) is 4.90 Å². The van der Waals surface area contributed by atoms with Gasteiger partial charge in [0.15, 0.2) is 0 Å². The van der Waals surface area contributed by atoms with Crippen molar-refractivity contribution in [2.24, 2.45) is 0 Å². The summed E-state index contributed by atoms with van der Waals surface area (Å²) in [7, 11) is -3.15. The van der Waals surface area contributed by atoms with E-state index in [4.69, 9.17) is 4.74 Å². The minimum absolute atomic E-state index is 0.357. The van der Waals surface area contributed by atoms with E-state index in [9.17, 15) is 8.42 Å². The Morgan fingerprint density at radius 1 is 1.41 bits per heavy atom. The lowest BCUT2D eigenvalue weighted by molar-refractivity contribution is -0.125. The molecule has 22 heavy (non-hydrogen) atoms. The molecule has 1 aromatic heterocycles. The van der Waals surface area contributed by atoms with Gasteiger partial charge >= 0.3 is 0 Å².